The molecule has 12 aromatic rings. The van der Waals surface area contributed by atoms with Crippen LogP contribution in [0.2, 0.25) is 0 Å². The van der Waals surface area contributed by atoms with Crippen molar-refractivity contribution in [1.82, 2.24) is 4.40 Å². The number of thiophene rings is 1. The molecule has 9 aromatic carbocycles. The van der Waals surface area contributed by atoms with Crippen LogP contribution in [0.1, 0.15) is 25.0 Å². The van der Waals surface area contributed by atoms with Crippen LogP contribution in [0.3, 0.4) is 0 Å². The van der Waals surface area contributed by atoms with Gasteiger partial charge in [0.2, 0.25) is 0 Å². The quantitative estimate of drug-likeness (QED) is 0.173. The molecule has 0 bridgehead atoms. The summed E-state index contributed by atoms with van der Waals surface area (Å²) in [7, 11) is 0. The summed E-state index contributed by atoms with van der Waals surface area (Å²) in [6.07, 6.45) is 0. The molecule has 13 rings (SSSR count). The molecule has 1 aliphatic rings. The Labute approximate surface area is 351 Å². The van der Waals surface area contributed by atoms with Gasteiger partial charge in [-0.1, -0.05) is 153 Å². The minimum Gasteiger partial charge on any atom is -0.310 e. The molecule has 3 heteroatoms. The fraction of sp³-hybridized carbons (Fsp3) is 0.0526. The molecule has 0 saturated heterocycles. The summed E-state index contributed by atoms with van der Waals surface area (Å²) in [6.45, 7) is 4.74. The second kappa shape index (κ2) is 12.4. The van der Waals surface area contributed by atoms with Gasteiger partial charge in [0.05, 0.1) is 22.2 Å². The van der Waals surface area contributed by atoms with E-state index < -0.39 is 0 Å². The fourth-order valence-electron chi connectivity index (χ4n) is 10.6. The van der Waals surface area contributed by atoms with E-state index in [1.807, 2.05) is 11.3 Å². The molecule has 0 fully saturated rings. The molecular weight excluding hydrogens is 745 g/mol. The highest BCUT2D eigenvalue weighted by Crippen LogP contribution is 2.52. The van der Waals surface area contributed by atoms with Gasteiger partial charge in [0.25, 0.3) is 0 Å². The second-order valence-electron chi connectivity index (χ2n) is 16.8. The van der Waals surface area contributed by atoms with Crippen LogP contribution < -0.4 is 4.90 Å². The molecule has 0 saturated carbocycles. The summed E-state index contributed by atoms with van der Waals surface area (Å²) in [4.78, 5) is 2.49. The van der Waals surface area contributed by atoms with Gasteiger partial charge in [-0.05, 0) is 98.6 Å². The molecule has 3 heterocycles. The number of anilines is 3. The fourth-order valence-corrected chi connectivity index (χ4v) is 11.8. The first-order valence-corrected chi connectivity index (χ1v) is 21.7. The van der Waals surface area contributed by atoms with E-state index in [1.54, 1.807) is 0 Å². The summed E-state index contributed by atoms with van der Waals surface area (Å²) in [5.74, 6) is 0. The monoisotopic (exact) mass is 782 g/mol. The van der Waals surface area contributed by atoms with Gasteiger partial charge < -0.3 is 9.30 Å². The third kappa shape index (κ3) is 4.58. The lowest BCUT2D eigenvalue weighted by Crippen LogP contribution is -2.16. The van der Waals surface area contributed by atoms with Crippen molar-refractivity contribution < 1.29 is 0 Å². The molecule has 3 aromatic heterocycles. The second-order valence-corrected chi connectivity index (χ2v) is 17.9. The molecule has 0 radical (unpaired) electrons. The lowest BCUT2D eigenvalue weighted by Gasteiger charge is -2.30. The van der Waals surface area contributed by atoms with Crippen molar-refractivity contribution in [2.45, 2.75) is 19.3 Å². The Morgan fingerprint density at radius 2 is 1.05 bits per heavy atom. The average molecular weight is 783 g/mol. The maximum absolute atomic E-state index is 2.56. The van der Waals surface area contributed by atoms with E-state index in [0.717, 1.165) is 17.1 Å². The Balaban J connectivity index is 1.16. The third-order valence-electron chi connectivity index (χ3n) is 13.3. The van der Waals surface area contributed by atoms with Gasteiger partial charge in [0, 0.05) is 58.7 Å². The Bertz CT molecular complexity index is 3740. The largest absolute Gasteiger partial charge is 0.310 e. The first-order valence-electron chi connectivity index (χ1n) is 20.9. The number of aromatic nitrogens is 1. The zero-order valence-electron chi connectivity index (χ0n) is 33.3. The predicted octanol–water partition coefficient (Wildman–Crippen LogP) is 16.4. The first kappa shape index (κ1) is 33.7. The summed E-state index contributed by atoms with van der Waals surface area (Å²) in [5.41, 5.74) is 14.7. The van der Waals surface area contributed by atoms with E-state index in [9.17, 15) is 0 Å². The summed E-state index contributed by atoms with van der Waals surface area (Å²) >= 11 is 1.90. The molecule has 0 atom stereocenters. The van der Waals surface area contributed by atoms with Crippen LogP contribution in [0.15, 0.2) is 194 Å². The number of nitrogens with zero attached hydrogens (tertiary/aromatic N) is 2. The van der Waals surface area contributed by atoms with Gasteiger partial charge in [-0.15, -0.1) is 11.3 Å². The number of rotatable bonds is 4. The Morgan fingerprint density at radius 1 is 0.417 bits per heavy atom. The predicted molar refractivity (Wildman–Crippen MR) is 258 cm³/mol. The Hall–Kier alpha value is -7.20. The molecule has 1 aliphatic carbocycles. The van der Waals surface area contributed by atoms with Crippen molar-refractivity contribution in [2.24, 2.45) is 0 Å². The van der Waals surface area contributed by atoms with Gasteiger partial charge in [-0.2, -0.15) is 0 Å². The van der Waals surface area contributed by atoms with Crippen molar-refractivity contribution in [3.05, 3.63) is 205 Å². The minimum atomic E-state index is -0.130. The van der Waals surface area contributed by atoms with E-state index in [4.69, 9.17) is 0 Å². The summed E-state index contributed by atoms with van der Waals surface area (Å²) < 4.78 is 5.19. The molecule has 0 unspecified atom stereocenters. The van der Waals surface area contributed by atoms with E-state index in [1.165, 1.54) is 102 Å². The van der Waals surface area contributed by atoms with Crippen molar-refractivity contribution in [2.75, 3.05) is 4.90 Å². The van der Waals surface area contributed by atoms with Crippen molar-refractivity contribution >= 4 is 97.4 Å². The number of fused-ring (bicyclic) bond motifs is 11. The van der Waals surface area contributed by atoms with E-state index in [2.05, 4.69) is 217 Å². The number of benzene rings is 9. The van der Waals surface area contributed by atoms with E-state index in [0.29, 0.717) is 0 Å². The van der Waals surface area contributed by atoms with Gasteiger partial charge in [0.1, 0.15) is 0 Å². The molecule has 0 amide bonds. The van der Waals surface area contributed by atoms with Gasteiger partial charge in [-0.3, -0.25) is 0 Å². The Kier molecular flexibility index (Phi) is 6.98. The zero-order chi connectivity index (χ0) is 39.7. The molecule has 60 heavy (non-hydrogen) atoms. The maximum atomic E-state index is 2.56. The smallest absolute Gasteiger partial charge is 0.0634 e. The van der Waals surface area contributed by atoms with Crippen LogP contribution in [-0.4, -0.2) is 4.40 Å². The van der Waals surface area contributed by atoms with Crippen molar-refractivity contribution in [1.29, 1.82) is 0 Å². The number of hydrogen-bond acceptors (Lipinski definition) is 2. The highest BCUT2D eigenvalue weighted by Gasteiger charge is 2.36. The van der Waals surface area contributed by atoms with E-state index in [-0.39, 0.29) is 5.41 Å². The van der Waals surface area contributed by atoms with Crippen LogP contribution in [0.5, 0.6) is 0 Å². The highest BCUT2D eigenvalue weighted by molar-refractivity contribution is 7.26. The standard InChI is InChI=1S/C57H38N2S/c1-57(2)47-23-11-8-20-41(47)42-29-27-37(34-48(42)57)58(49-24-12-9-17-38(49)35-15-4-3-5-16-35)36-28-31-51-46(33-36)45-30-32-53-55-54-44(22-14-26-52(54)60-53)40-19-7-6-18-39(40)43-21-10-13-25-50(43)59(51)56(45)55/h3-34H,1-2H3. The molecule has 0 N–H and O–H groups in total. The van der Waals surface area contributed by atoms with Crippen LogP contribution >= 0.6 is 11.3 Å². The Morgan fingerprint density at radius 3 is 1.92 bits per heavy atom. The van der Waals surface area contributed by atoms with Gasteiger partial charge in [0.15, 0.2) is 0 Å². The summed E-state index contributed by atoms with van der Waals surface area (Å²) in [5, 5.41) is 10.2. The first-order chi connectivity index (χ1) is 29.5. The molecule has 2 nitrogen and oxygen atoms in total. The highest BCUT2D eigenvalue weighted by atomic mass is 32.1. The number of para-hydroxylation sites is 2. The zero-order valence-corrected chi connectivity index (χ0v) is 34.1. The lowest BCUT2D eigenvalue weighted by atomic mass is 9.82. The normalized spacial score (nSPS) is 13.3. The van der Waals surface area contributed by atoms with Crippen LogP contribution in [0.4, 0.5) is 17.1 Å². The SMILES string of the molecule is CC1(C)c2ccccc2-c2ccc(N(c3ccc4c(c3)c3ccc5sc6cccc7c8ccccc8c8ccccc8n4c3c5c67)c3ccccc3-c3ccccc3)cc21. The molecule has 0 aliphatic heterocycles. The molecule has 0 spiro atoms. The van der Waals surface area contributed by atoms with Crippen LogP contribution in [-0.2, 0) is 5.41 Å². The third-order valence-corrected chi connectivity index (χ3v) is 14.5. The summed E-state index contributed by atoms with van der Waals surface area (Å²) in [6, 6.07) is 72.5. The van der Waals surface area contributed by atoms with E-state index >= 15 is 0 Å². The average Bonchev–Trinajstić information content (AvgIpc) is 3.93. The van der Waals surface area contributed by atoms with Gasteiger partial charge >= 0.3 is 0 Å². The van der Waals surface area contributed by atoms with Crippen molar-refractivity contribution in [3.8, 4) is 22.3 Å². The maximum Gasteiger partial charge on any atom is 0.0634 e. The van der Waals surface area contributed by atoms with Gasteiger partial charge in [-0.25, -0.2) is 0 Å². The topological polar surface area (TPSA) is 7.65 Å². The van der Waals surface area contributed by atoms with Crippen LogP contribution in [0, 0.1) is 0 Å². The molecular formula is C57H38N2S. The lowest BCUT2D eigenvalue weighted by molar-refractivity contribution is 0.660. The van der Waals surface area contributed by atoms with Crippen molar-refractivity contribution in [3.63, 3.8) is 0 Å². The number of hydrogen-bond donors (Lipinski definition) is 0. The van der Waals surface area contributed by atoms with Crippen LogP contribution in [0.25, 0.3) is 91.3 Å². The molecule has 282 valence electrons. The minimum absolute atomic E-state index is 0.130.